The van der Waals surface area contributed by atoms with Gasteiger partial charge >= 0.3 is 0 Å². The third-order valence-corrected chi connectivity index (χ3v) is 5.68. The van der Waals surface area contributed by atoms with Crippen molar-refractivity contribution in [1.29, 1.82) is 0 Å². The van der Waals surface area contributed by atoms with Gasteiger partial charge in [-0.2, -0.15) is 0 Å². The zero-order chi connectivity index (χ0) is 17.6. The summed E-state index contributed by atoms with van der Waals surface area (Å²) in [4.78, 5) is 7.76. The molecule has 26 heavy (non-hydrogen) atoms. The Morgan fingerprint density at radius 3 is 2.73 bits per heavy atom. The van der Waals surface area contributed by atoms with Gasteiger partial charge < -0.3 is 15.0 Å². The van der Waals surface area contributed by atoms with Crippen LogP contribution in [0.5, 0.6) is 0 Å². The summed E-state index contributed by atoms with van der Waals surface area (Å²) in [5.41, 5.74) is 1.25. The van der Waals surface area contributed by atoms with E-state index in [1.807, 2.05) is 26.2 Å². The smallest absolute Gasteiger partial charge is 0.193 e. The first-order valence-corrected chi connectivity index (χ1v) is 9.69. The molecular weight excluding hydrogens is 481 g/mol. The molecule has 7 heteroatoms. The largest absolute Gasteiger partial charge is 0.373 e. The van der Waals surface area contributed by atoms with Gasteiger partial charge in [0.05, 0.1) is 17.0 Å². The van der Waals surface area contributed by atoms with Gasteiger partial charge in [0, 0.05) is 38.0 Å². The lowest BCUT2D eigenvalue weighted by Crippen LogP contribution is -2.41. The van der Waals surface area contributed by atoms with Gasteiger partial charge in [0.15, 0.2) is 5.96 Å². The van der Waals surface area contributed by atoms with Crippen LogP contribution in [-0.2, 0) is 11.3 Å². The summed E-state index contributed by atoms with van der Waals surface area (Å²) in [6.45, 7) is 2.45. The highest BCUT2D eigenvalue weighted by Crippen LogP contribution is 2.33. The van der Waals surface area contributed by atoms with E-state index in [0.29, 0.717) is 5.92 Å². The molecule has 0 amide bonds. The molecule has 1 aliphatic heterocycles. The summed E-state index contributed by atoms with van der Waals surface area (Å²) in [6, 6.07) is 14.5. The Kier molecular flexibility index (Phi) is 8.66. The van der Waals surface area contributed by atoms with E-state index < -0.39 is 0 Å². The monoisotopic (exact) mass is 505 g/mol. The minimum atomic E-state index is 0. The molecule has 0 aliphatic carbocycles. The quantitative estimate of drug-likeness (QED) is 0.360. The Morgan fingerprint density at radius 2 is 2.08 bits per heavy atom. The number of nitrogens with zero attached hydrogens (tertiary/aromatic N) is 2. The fourth-order valence-electron chi connectivity index (χ4n) is 3.21. The van der Waals surface area contributed by atoms with Crippen molar-refractivity contribution in [3.05, 3.63) is 57.2 Å². The first kappa shape index (κ1) is 21.5. The predicted octanol–water partition coefficient (Wildman–Crippen LogP) is 4.80. The van der Waals surface area contributed by atoms with Crippen molar-refractivity contribution >= 4 is 52.9 Å². The molecule has 1 fully saturated rings. The minimum Gasteiger partial charge on any atom is -0.373 e. The Labute approximate surface area is 181 Å². The number of hydrogen-bond donors (Lipinski definition) is 1. The van der Waals surface area contributed by atoms with E-state index in [4.69, 9.17) is 16.3 Å². The van der Waals surface area contributed by atoms with Crippen LogP contribution in [0.3, 0.4) is 0 Å². The first-order chi connectivity index (χ1) is 12.2. The van der Waals surface area contributed by atoms with E-state index in [-0.39, 0.29) is 30.1 Å². The van der Waals surface area contributed by atoms with E-state index in [1.165, 1.54) is 10.4 Å². The van der Waals surface area contributed by atoms with Crippen molar-refractivity contribution in [2.75, 3.05) is 27.2 Å². The molecule has 1 saturated heterocycles. The molecule has 2 unspecified atom stereocenters. The average Bonchev–Trinajstić information content (AvgIpc) is 3.25. The van der Waals surface area contributed by atoms with Crippen LogP contribution in [0.15, 0.2) is 47.5 Å². The minimum absolute atomic E-state index is 0. The molecule has 1 aromatic heterocycles. The van der Waals surface area contributed by atoms with Gasteiger partial charge in [0.25, 0.3) is 0 Å². The molecule has 2 atom stereocenters. The van der Waals surface area contributed by atoms with Crippen LogP contribution < -0.4 is 5.32 Å². The van der Waals surface area contributed by atoms with Crippen molar-refractivity contribution in [2.45, 2.75) is 19.1 Å². The van der Waals surface area contributed by atoms with Gasteiger partial charge in [-0.3, -0.25) is 4.99 Å². The van der Waals surface area contributed by atoms with E-state index in [9.17, 15) is 0 Å². The summed E-state index contributed by atoms with van der Waals surface area (Å²) in [5.74, 6) is 1.34. The number of benzene rings is 1. The lowest BCUT2D eigenvalue weighted by atomic mass is 9.95. The number of rotatable bonds is 5. The third kappa shape index (κ3) is 5.58. The highest BCUT2D eigenvalue weighted by Gasteiger charge is 2.29. The van der Waals surface area contributed by atoms with E-state index >= 15 is 0 Å². The molecule has 1 N–H and O–H groups in total. The zero-order valence-corrected chi connectivity index (χ0v) is 18.9. The second-order valence-electron chi connectivity index (χ2n) is 6.24. The number of guanidine groups is 1. The standard InChI is InChI=1S/C19H24ClN3OS.HI/c1-21-19(23(2)13-16-8-9-17(20)25-16)22-12-15-10-11-24-18(15)14-6-4-3-5-7-14;/h3-9,15,18H,10-13H2,1-2H3,(H,21,22);1H. The molecule has 4 nitrogen and oxygen atoms in total. The van der Waals surface area contributed by atoms with Crippen LogP contribution in [0, 0.1) is 5.92 Å². The number of thiophene rings is 1. The van der Waals surface area contributed by atoms with Crippen LogP contribution in [0.1, 0.15) is 23.0 Å². The normalized spacial score (nSPS) is 19.9. The summed E-state index contributed by atoms with van der Waals surface area (Å²) >= 11 is 7.63. The maximum atomic E-state index is 6.02. The molecule has 2 aromatic rings. The van der Waals surface area contributed by atoms with Gasteiger partial charge in [-0.05, 0) is 24.1 Å². The molecule has 142 valence electrons. The second-order valence-corrected chi connectivity index (χ2v) is 8.04. The van der Waals surface area contributed by atoms with E-state index in [1.54, 1.807) is 11.3 Å². The van der Waals surface area contributed by atoms with Crippen LogP contribution in [0.4, 0.5) is 0 Å². The lowest BCUT2D eigenvalue weighted by molar-refractivity contribution is 0.0914. The molecular formula is C19H25ClIN3OS. The first-order valence-electron chi connectivity index (χ1n) is 8.50. The molecule has 0 bridgehead atoms. The highest BCUT2D eigenvalue weighted by molar-refractivity contribution is 14.0. The summed E-state index contributed by atoms with van der Waals surface area (Å²) < 4.78 is 6.79. The summed E-state index contributed by atoms with van der Waals surface area (Å²) in [6.07, 6.45) is 1.22. The topological polar surface area (TPSA) is 36.9 Å². The SMILES string of the molecule is CN=C(NCC1CCOC1c1ccccc1)N(C)Cc1ccc(Cl)s1.I. The maximum Gasteiger partial charge on any atom is 0.193 e. The number of ether oxygens (including phenoxy) is 1. The number of nitrogens with one attached hydrogen (secondary N) is 1. The van der Waals surface area contributed by atoms with E-state index in [2.05, 4.69) is 45.5 Å². The Balaban J connectivity index is 0.00000243. The highest BCUT2D eigenvalue weighted by atomic mass is 127. The Bertz CT molecular complexity index is 710. The second kappa shape index (κ2) is 10.5. The molecule has 1 aromatic carbocycles. The summed E-state index contributed by atoms with van der Waals surface area (Å²) in [7, 11) is 3.86. The van der Waals surface area contributed by atoms with Crippen LogP contribution >= 0.6 is 46.9 Å². The van der Waals surface area contributed by atoms with Crippen LogP contribution in [0.2, 0.25) is 4.34 Å². The van der Waals surface area contributed by atoms with Crippen molar-refractivity contribution < 1.29 is 4.74 Å². The zero-order valence-electron chi connectivity index (χ0n) is 15.0. The molecule has 0 radical (unpaired) electrons. The van der Waals surface area contributed by atoms with Gasteiger partial charge in [0.1, 0.15) is 0 Å². The molecule has 1 aliphatic rings. The van der Waals surface area contributed by atoms with Gasteiger partial charge in [0.2, 0.25) is 0 Å². The Hall–Kier alpha value is -0.830. The number of aliphatic imine (C=N–C) groups is 1. The van der Waals surface area contributed by atoms with E-state index in [0.717, 1.165) is 36.4 Å². The summed E-state index contributed by atoms with van der Waals surface area (Å²) in [5, 5.41) is 3.51. The molecule has 2 heterocycles. The van der Waals surface area contributed by atoms with Gasteiger partial charge in [-0.1, -0.05) is 41.9 Å². The van der Waals surface area contributed by atoms with Crippen molar-refractivity contribution in [1.82, 2.24) is 10.2 Å². The Morgan fingerprint density at radius 1 is 1.31 bits per heavy atom. The van der Waals surface area contributed by atoms with Gasteiger partial charge in [-0.15, -0.1) is 35.3 Å². The van der Waals surface area contributed by atoms with Crippen molar-refractivity contribution in [3.8, 4) is 0 Å². The van der Waals surface area contributed by atoms with Gasteiger partial charge in [-0.25, -0.2) is 0 Å². The fraction of sp³-hybridized carbons (Fsp3) is 0.421. The number of halogens is 2. The predicted molar refractivity (Wildman–Crippen MR) is 121 cm³/mol. The average molecular weight is 506 g/mol. The van der Waals surface area contributed by atoms with Crippen molar-refractivity contribution in [3.63, 3.8) is 0 Å². The molecule has 0 saturated carbocycles. The fourth-order valence-corrected chi connectivity index (χ4v) is 4.35. The maximum absolute atomic E-state index is 6.02. The van der Waals surface area contributed by atoms with Crippen LogP contribution in [0.25, 0.3) is 0 Å². The molecule has 3 rings (SSSR count). The molecule has 0 spiro atoms. The van der Waals surface area contributed by atoms with Crippen molar-refractivity contribution in [2.24, 2.45) is 10.9 Å². The lowest BCUT2D eigenvalue weighted by Gasteiger charge is -2.25. The van der Waals surface area contributed by atoms with Crippen LogP contribution in [-0.4, -0.2) is 38.1 Å². The third-order valence-electron chi connectivity index (χ3n) is 4.46. The number of hydrogen-bond acceptors (Lipinski definition) is 3.